The van der Waals surface area contributed by atoms with Crippen LogP contribution in [-0.2, 0) is 15.7 Å². The summed E-state index contributed by atoms with van der Waals surface area (Å²) in [5, 5.41) is 2.97. The highest BCUT2D eigenvalue weighted by Crippen LogP contribution is 2.43. The number of benzene rings is 1. The second-order valence-corrected chi connectivity index (χ2v) is 10.8. The van der Waals surface area contributed by atoms with Crippen LogP contribution in [0.4, 0.5) is 35.3 Å². The lowest BCUT2D eigenvalue weighted by Crippen LogP contribution is -2.48. The Labute approximate surface area is 238 Å². The smallest absolute Gasteiger partial charge is 0.416 e. The first kappa shape index (κ1) is 27.5. The Kier molecular flexibility index (Phi) is 6.91. The van der Waals surface area contributed by atoms with Gasteiger partial charge in [0.25, 0.3) is 0 Å². The third-order valence-corrected chi connectivity index (χ3v) is 7.34. The number of ether oxygens (including phenoxy) is 3. The van der Waals surface area contributed by atoms with Crippen molar-refractivity contribution in [2.24, 2.45) is 0 Å². The molecule has 5 heterocycles. The van der Waals surface area contributed by atoms with Crippen molar-refractivity contribution in [3.63, 3.8) is 0 Å². The molecule has 10 nitrogen and oxygen atoms in total. The molecule has 1 aromatic carbocycles. The van der Waals surface area contributed by atoms with E-state index in [0.717, 1.165) is 12.1 Å². The molecule has 41 heavy (non-hydrogen) atoms. The van der Waals surface area contributed by atoms with Crippen LogP contribution in [0.2, 0.25) is 5.02 Å². The minimum absolute atomic E-state index is 0.0546. The van der Waals surface area contributed by atoms with Crippen molar-refractivity contribution in [2.75, 3.05) is 41.4 Å². The van der Waals surface area contributed by atoms with E-state index in [1.54, 1.807) is 6.07 Å². The second kappa shape index (κ2) is 10.3. The molecule has 0 radical (unpaired) electrons. The van der Waals surface area contributed by atoms with Gasteiger partial charge in [-0.1, -0.05) is 23.7 Å². The first-order chi connectivity index (χ1) is 19.5. The molecule has 6 rings (SSSR count). The standard InChI is InChI=1S/C27H26ClF3N6O4/c1-26(2)40-14-18(41-26)13-39-24-32-8-6-21(33-24)34-25(38)37-17-7-9-36(12-17)20-11-19(28)22(35-23(20)37)15-4-3-5-16(10-15)27(29,30)31/h3-6,8,10-11,17-18H,7,9,12-14H2,1-2H3,(H,32,33,34,38)/t17-,18-/m0/s1. The average molecular weight is 591 g/mol. The second-order valence-electron chi connectivity index (χ2n) is 10.4. The van der Waals surface area contributed by atoms with Crippen molar-refractivity contribution in [1.29, 1.82) is 0 Å². The first-order valence-electron chi connectivity index (χ1n) is 13.0. The molecule has 1 N–H and O–H groups in total. The van der Waals surface area contributed by atoms with Crippen LogP contribution < -0.4 is 19.9 Å². The summed E-state index contributed by atoms with van der Waals surface area (Å²) >= 11 is 6.53. The van der Waals surface area contributed by atoms with Crippen LogP contribution >= 0.6 is 11.6 Å². The molecule has 216 valence electrons. The number of pyridine rings is 1. The van der Waals surface area contributed by atoms with Crippen molar-refractivity contribution in [3.05, 3.63) is 53.2 Å². The lowest BCUT2D eigenvalue weighted by molar-refractivity contribution is -0.141. The molecule has 2 bridgehead atoms. The summed E-state index contributed by atoms with van der Waals surface area (Å²) in [7, 11) is 0. The molecule has 0 unspecified atom stereocenters. The Morgan fingerprint density at radius 2 is 2.07 bits per heavy atom. The van der Waals surface area contributed by atoms with Crippen molar-refractivity contribution < 1.29 is 32.2 Å². The van der Waals surface area contributed by atoms with Gasteiger partial charge in [0.1, 0.15) is 18.5 Å². The highest BCUT2D eigenvalue weighted by molar-refractivity contribution is 6.33. The zero-order valence-corrected chi connectivity index (χ0v) is 22.9. The summed E-state index contributed by atoms with van der Waals surface area (Å²) in [6, 6.07) is 7.31. The van der Waals surface area contributed by atoms with Gasteiger partial charge in [-0.2, -0.15) is 18.2 Å². The lowest BCUT2D eigenvalue weighted by atomic mass is 10.1. The largest absolute Gasteiger partial charge is 0.461 e. The zero-order valence-electron chi connectivity index (χ0n) is 22.1. The summed E-state index contributed by atoms with van der Waals surface area (Å²) in [4.78, 5) is 30.2. The van der Waals surface area contributed by atoms with Crippen molar-refractivity contribution >= 4 is 35.0 Å². The van der Waals surface area contributed by atoms with Crippen LogP contribution in [0, 0.1) is 0 Å². The minimum Gasteiger partial charge on any atom is -0.461 e. The van der Waals surface area contributed by atoms with E-state index in [0.29, 0.717) is 37.6 Å². The van der Waals surface area contributed by atoms with Crippen LogP contribution in [0.3, 0.4) is 0 Å². The van der Waals surface area contributed by atoms with Crippen LogP contribution in [0.5, 0.6) is 6.01 Å². The van der Waals surface area contributed by atoms with Crippen LogP contribution in [0.15, 0.2) is 42.6 Å². The molecule has 2 fully saturated rings. The number of anilines is 3. The van der Waals surface area contributed by atoms with Gasteiger partial charge in [0, 0.05) is 24.8 Å². The van der Waals surface area contributed by atoms with Gasteiger partial charge in [-0.3, -0.25) is 10.2 Å². The number of amides is 2. The molecule has 0 spiro atoms. The lowest BCUT2D eigenvalue weighted by Gasteiger charge is -2.36. The molecule has 2 aromatic heterocycles. The van der Waals surface area contributed by atoms with Gasteiger partial charge >= 0.3 is 18.2 Å². The molecule has 2 atom stereocenters. The summed E-state index contributed by atoms with van der Waals surface area (Å²) in [6.45, 7) is 5.41. The van der Waals surface area contributed by atoms with Crippen molar-refractivity contribution in [2.45, 2.75) is 44.4 Å². The van der Waals surface area contributed by atoms with E-state index in [2.05, 4.69) is 25.2 Å². The van der Waals surface area contributed by atoms with Gasteiger partial charge in [0.2, 0.25) is 0 Å². The predicted octanol–water partition coefficient (Wildman–Crippen LogP) is 5.37. The number of urea groups is 1. The highest BCUT2D eigenvalue weighted by Gasteiger charge is 2.41. The SMILES string of the molecule is CC1(C)OC[C@H](COc2nccc(NC(=O)N3c4nc(-c5cccc(C(F)(F)F)c5)c(Cl)cc4N4CC[C@H]3C4)n2)O1. The number of carbonyl (C=O) groups is 1. The third-order valence-electron chi connectivity index (χ3n) is 7.05. The quantitative estimate of drug-likeness (QED) is 0.423. The van der Waals surface area contributed by atoms with Gasteiger partial charge in [0.15, 0.2) is 11.6 Å². The number of aromatic nitrogens is 3. The number of fused-ring (bicyclic) bond motifs is 4. The normalized spacial score (nSPS) is 21.1. The molecule has 3 aliphatic rings. The number of halogens is 4. The van der Waals surface area contributed by atoms with Crippen molar-refractivity contribution in [3.8, 4) is 17.3 Å². The van der Waals surface area contributed by atoms with E-state index < -0.39 is 23.6 Å². The zero-order chi connectivity index (χ0) is 28.9. The molecule has 14 heteroatoms. The van der Waals surface area contributed by atoms with E-state index in [9.17, 15) is 18.0 Å². The molecule has 2 saturated heterocycles. The summed E-state index contributed by atoms with van der Waals surface area (Å²) in [5.41, 5.74) is 0.152. The molecular formula is C27H26ClF3N6O4. The van der Waals surface area contributed by atoms with Gasteiger partial charge in [0.05, 0.1) is 34.6 Å². The Bertz CT molecular complexity index is 1490. The fourth-order valence-corrected chi connectivity index (χ4v) is 5.45. The monoisotopic (exact) mass is 590 g/mol. The number of carbonyl (C=O) groups excluding carboxylic acids is 1. The summed E-state index contributed by atoms with van der Waals surface area (Å²) in [6.07, 6.45) is -2.68. The molecule has 2 amide bonds. The Morgan fingerprint density at radius 1 is 1.24 bits per heavy atom. The number of nitrogens with zero attached hydrogens (tertiary/aromatic N) is 5. The van der Waals surface area contributed by atoms with Gasteiger partial charge < -0.3 is 19.1 Å². The van der Waals surface area contributed by atoms with Crippen LogP contribution in [-0.4, -0.2) is 65.2 Å². The fraction of sp³-hybridized carbons (Fsp3) is 0.407. The maximum atomic E-state index is 13.6. The van der Waals surface area contributed by atoms with E-state index >= 15 is 0 Å². The Hall–Kier alpha value is -3.68. The van der Waals surface area contributed by atoms with E-state index in [1.165, 1.54) is 29.3 Å². The summed E-state index contributed by atoms with van der Waals surface area (Å²) in [5.74, 6) is -0.178. The highest BCUT2D eigenvalue weighted by atomic mass is 35.5. The van der Waals surface area contributed by atoms with Gasteiger partial charge in [-0.15, -0.1) is 0 Å². The molecule has 0 saturated carbocycles. The number of hydrogen-bond donors (Lipinski definition) is 1. The van der Waals surface area contributed by atoms with Crippen LogP contribution in [0.1, 0.15) is 25.8 Å². The number of nitrogens with one attached hydrogen (secondary N) is 1. The van der Waals surface area contributed by atoms with Crippen molar-refractivity contribution in [1.82, 2.24) is 15.0 Å². The van der Waals surface area contributed by atoms with E-state index in [-0.39, 0.29) is 46.9 Å². The minimum atomic E-state index is -4.53. The van der Waals surface area contributed by atoms with Gasteiger partial charge in [-0.25, -0.2) is 14.8 Å². The molecule has 0 aliphatic carbocycles. The molecule has 3 aliphatic heterocycles. The molecular weight excluding hydrogens is 565 g/mol. The third kappa shape index (κ3) is 5.61. The van der Waals surface area contributed by atoms with Crippen LogP contribution in [0.25, 0.3) is 11.3 Å². The average Bonchev–Trinajstić information content (AvgIpc) is 3.50. The number of rotatable bonds is 5. The topological polar surface area (TPSA) is 102 Å². The fourth-order valence-electron chi connectivity index (χ4n) is 5.19. The number of alkyl halides is 3. The maximum Gasteiger partial charge on any atom is 0.416 e. The van der Waals surface area contributed by atoms with E-state index in [4.69, 9.17) is 25.8 Å². The Balaban J connectivity index is 1.25. The Morgan fingerprint density at radius 3 is 2.83 bits per heavy atom. The van der Waals surface area contributed by atoms with Gasteiger partial charge in [-0.05, 0) is 44.5 Å². The first-order valence-corrected chi connectivity index (χ1v) is 13.4. The molecule has 3 aromatic rings. The predicted molar refractivity (Wildman–Crippen MR) is 144 cm³/mol. The summed E-state index contributed by atoms with van der Waals surface area (Å²) < 4.78 is 57.0. The van der Waals surface area contributed by atoms with E-state index in [1.807, 2.05) is 13.8 Å². The number of hydrogen-bond acceptors (Lipinski definition) is 8. The maximum absolute atomic E-state index is 13.6.